The van der Waals surface area contributed by atoms with Gasteiger partial charge in [0.05, 0.1) is 6.20 Å². The molecule has 1 aliphatic heterocycles. The Morgan fingerprint density at radius 1 is 1.37 bits per heavy atom. The standard InChI is InChI=1S/C15H28N4/c1-12(2)19(10-14-5-7-16-8-6-14)13(3)15-9-17-18(4)11-15/h9,11-14,16H,5-8,10H2,1-4H3. The molecule has 2 rings (SSSR count). The van der Waals surface area contributed by atoms with Crippen LogP contribution in [0.25, 0.3) is 0 Å². The number of nitrogens with zero attached hydrogens (tertiary/aromatic N) is 3. The predicted octanol–water partition coefficient (Wildman–Crippen LogP) is 2.19. The molecule has 0 saturated carbocycles. The van der Waals surface area contributed by atoms with Crippen LogP contribution in [0.3, 0.4) is 0 Å². The molecule has 19 heavy (non-hydrogen) atoms. The van der Waals surface area contributed by atoms with Crippen LogP contribution in [0, 0.1) is 5.92 Å². The van der Waals surface area contributed by atoms with E-state index < -0.39 is 0 Å². The largest absolute Gasteiger partial charge is 0.317 e. The van der Waals surface area contributed by atoms with Gasteiger partial charge < -0.3 is 5.32 Å². The highest BCUT2D eigenvalue weighted by molar-refractivity contribution is 5.09. The molecular weight excluding hydrogens is 236 g/mol. The zero-order valence-corrected chi connectivity index (χ0v) is 12.8. The van der Waals surface area contributed by atoms with Gasteiger partial charge in [-0.05, 0) is 52.6 Å². The summed E-state index contributed by atoms with van der Waals surface area (Å²) in [6.07, 6.45) is 6.76. The quantitative estimate of drug-likeness (QED) is 0.885. The highest BCUT2D eigenvalue weighted by Gasteiger charge is 2.24. The topological polar surface area (TPSA) is 33.1 Å². The summed E-state index contributed by atoms with van der Waals surface area (Å²) in [5.74, 6) is 0.836. The molecule has 1 saturated heterocycles. The first-order valence-electron chi connectivity index (χ1n) is 7.53. The number of hydrogen-bond donors (Lipinski definition) is 1. The van der Waals surface area contributed by atoms with Crippen molar-refractivity contribution in [3.63, 3.8) is 0 Å². The van der Waals surface area contributed by atoms with Crippen molar-refractivity contribution in [3.05, 3.63) is 18.0 Å². The van der Waals surface area contributed by atoms with Crippen molar-refractivity contribution in [2.24, 2.45) is 13.0 Å². The average molecular weight is 264 g/mol. The zero-order chi connectivity index (χ0) is 13.8. The maximum atomic E-state index is 4.31. The van der Waals surface area contributed by atoms with Gasteiger partial charge in [-0.3, -0.25) is 9.58 Å². The number of aryl methyl sites for hydroxylation is 1. The van der Waals surface area contributed by atoms with E-state index in [1.807, 2.05) is 17.9 Å². The maximum absolute atomic E-state index is 4.31. The van der Waals surface area contributed by atoms with E-state index in [1.165, 1.54) is 38.0 Å². The minimum atomic E-state index is 0.448. The van der Waals surface area contributed by atoms with Crippen LogP contribution >= 0.6 is 0 Å². The summed E-state index contributed by atoms with van der Waals surface area (Å²) < 4.78 is 1.90. The van der Waals surface area contributed by atoms with Crippen LogP contribution in [-0.2, 0) is 7.05 Å². The lowest BCUT2D eigenvalue weighted by molar-refractivity contribution is 0.125. The van der Waals surface area contributed by atoms with Gasteiger partial charge >= 0.3 is 0 Å². The van der Waals surface area contributed by atoms with Crippen LogP contribution in [0.5, 0.6) is 0 Å². The molecule has 4 heteroatoms. The third-order valence-corrected chi connectivity index (χ3v) is 4.30. The minimum absolute atomic E-state index is 0.448. The highest BCUT2D eigenvalue weighted by Crippen LogP contribution is 2.25. The molecule has 0 radical (unpaired) electrons. The van der Waals surface area contributed by atoms with Crippen LogP contribution in [0.4, 0.5) is 0 Å². The molecule has 1 unspecified atom stereocenters. The molecule has 0 amide bonds. The van der Waals surface area contributed by atoms with Crippen molar-refractivity contribution in [3.8, 4) is 0 Å². The normalized spacial score (nSPS) is 19.3. The first-order chi connectivity index (χ1) is 9.08. The van der Waals surface area contributed by atoms with Gasteiger partial charge in [0.1, 0.15) is 0 Å². The lowest BCUT2D eigenvalue weighted by Crippen LogP contribution is -2.40. The molecule has 1 N–H and O–H groups in total. The van der Waals surface area contributed by atoms with Crippen molar-refractivity contribution >= 4 is 0 Å². The minimum Gasteiger partial charge on any atom is -0.317 e. The zero-order valence-electron chi connectivity index (χ0n) is 12.8. The van der Waals surface area contributed by atoms with E-state index in [9.17, 15) is 0 Å². The van der Waals surface area contributed by atoms with E-state index in [0.717, 1.165) is 5.92 Å². The summed E-state index contributed by atoms with van der Waals surface area (Å²) in [4.78, 5) is 2.62. The van der Waals surface area contributed by atoms with Gasteiger partial charge in [-0.25, -0.2) is 0 Å². The number of rotatable bonds is 5. The Balaban J connectivity index is 2.02. The number of piperidine rings is 1. The number of hydrogen-bond acceptors (Lipinski definition) is 3. The first-order valence-corrected chi connectivity index (χ1v) is 7.53. The lowest BCUT2D eigenvalue weighted by atomic mass is 9.95. The Bertz CT molecular complexity index is 379. The second kappa shape index (κ2) is 6.53. The number of aromatic nitrogens is 2. The van der Waals surface area contributed by atoms with E-state index in [2.05, 4.69) is 42.3 Å². The molecule has 1 atom stereocenters. The van der Waals surface area contributed by atoms with E-state index in [4.69, 9.17) is 0 Å². The molecule has 4 nitrogen and oxygen atoms in total. The summed E-state index contributed by atoms with van der Waals surface area (Å²) in [5, 5.41) is 7.76. The van der Waals surface area contributed by atoms with E-state index in [1.54, 1.807) is 0 Å². The Kier molecular flexibility index (Phi) is 4.99. The molecule has 1 aromatic heterocycles. The SMILES string of the molecule is CC(C)N(CC1CCNCC1)C(C)c1cnn(C)c1. The second-order valence-electron chi connectivity index (χ2n) is 6.11. The van der Waals surface area contributed by atoms with Gasteiger partial charge in [-0.1, -0.05) is 0 Å². The van der Waals surface area contributed by atoms with E-state index in [0.29, 0.717) is 12.1 Å². The summed E-state index contributed by atoms with van der Waals surface area (Å²) in [5.41, 5.74) is 1.32. The fourth-order valence-electron chi connectivity index (χ4n) is 3.03. The summed E-state index contributed by atoms with van der Waals surface area (Å²) in [6, 6.07) is 1.02. The van der Waals surface area contributed by atoms with E-state index in [-0.39, 0.29) is 0 Å². The van der Waals surface area contributed by atoms with Gasteiger partial charge in [0.15, 0.2) is 0 Å². The van der Waals surface area contributed by atoms with Crippen molar-refractivity contribution in [1.82, 2.24) is 20.0 Å². The Labute approximate surface area is 117 Å². The molecule has 1 fully saturated rings. The Hall–Kier alpha value is -0.870. The average Bonchev–Trinajstić information content (AvgIpc) is 2.83. The fraction of sp³-hybridized carbons (Fsp3) is 0.800. The third kappa shape index (κ3) is 3.80. The lowest BCUT2D eigenvalue weighted by Gasteiger charge is -2.36. The summed E-state index contributed by atoms with van der Waals surface area (Å²) >= 11 is 0. The summed E-state index contributed by atoms with van der Waals surface area (Å²) in [6.45, 7) is 10.5. The van der Waals surface area contributed by atoms with Crippen LogP contribution in [0.2, 0.25) is 0 Å². The smallest absolute Gasteiger partial charge is 0.0537 e. The molecule has 108 valence electrons. The molecule has 0 bridgehead atoms. The maximum Gasteiger partial charge on any atom is 0.0537 e. The molecule has 0 aromatic carbocycles. The Morgan fingerprint density at radius 3 is 2.58 bits per heavy atom. The van der Waals surface area contributed by atoms with Gasteiger partial charge in [0.25, 0.3) is 0 Å². The molecule has 2 heterocycles. The molecule has 0 spiro atoms. The van der Waals surface area contributed by atoms with Crippen LogP contribution in [0.15, 0.2) is 12.4 Å². The van der Waals surface area contributed by atoms with Crippen molar-refractivity contribution in [1.29, 1.82) is 0 Å². The monoisotopic (exact) mass is 264 g/mol. The van der Waals surface area contributed by atoms with Crippen molar-refractivity contribution in [2.45, 2.75) is 45.7 Å². The number of nitrogens with one attached hydrogen (secondary N) is 1. The molecule has 1 aromatic rings. The Morgan fingerprint density at radius 2 is 2.05 bits per heavy atom. The van der Waals surface area contributed by atoms with Gasteiger partial charge in [-0.15, -0.1) is 0 Å². The van der Waals surface area contributed by atoms with Crippen molar-refractivity contribution in [2.75, 3.05) is 19.6 Å². The molecule has 1 aliphatic rings. The molecule has 0 aliphatic carbocycles. The van der Waals surface area contributed by atoms with Gasteiger partial charge in [0, 0.05) is 37.4 Å². The van der Waals surface area contributed by atoms with Gasteiger partial charge in [-0.2, -0.15) is 5.10 Å². The third-order valence-electron chi connectivity index (χ3n) is 4.30. The van der Waals surface area contributed by atoms with Gasteiger partial charge in [0.2, 0.25) is 0 Å². The van der Waals surface area contributed by atoms with Crippen molar-refractivity contribution < 1.29 is 0 Å². The first kappa shape index (κ1) is 14.5. The summed E-state index contributed by atoms with van der Waals surface area (Å²) in [7, 11) is 1.99. The van der Waals surface area contributed by atoms with Crippen LogP contribution < -0.4 is 5.32 Å². The molecular formula is C15H28N4. The van der Waals surface area contributed by atoms with Crippen LogP contribution in [0.1, 0.15) is 45.2 Å². The highest BCUT2D eigenvalue weighted by atomic mass is 15.3. The van der Waals surface area contributed by atoms with E-state index >= 15 is 0 Å². The second-order valence-corrected chi connectivity index (χ2v) is 6.11. The van der Waals surface area contributed by atoms with Crippen LogP contribution in [-0.4, -0.2) is 40.4 Å². The predicted molar refractivity (Wildman–Crippen MR) is 79.1 cm³/mol. The fourth-order valence-corrected chi connectivity index (χ4v) is 3.03.